The Bertz CT molecular complexity index is 1380. The van der Waals surface area contributed by atoms with Crippen molar-refractivity contribution in [3.63, 3.8) is 0 Å². The number of alkyl halides is 6. The summed E-state index contributed by atoms with van der Waals surface area (Å²) < 4.78 is 83.6. The highest BCUT2D eigenvalue weighted by Gasteiger charge is 2.47. The molecule has 0 bridgehead atoms. The maximum Gasteiger partial charge on any atom is 0.410 e. The Hall–Kier alpha value is -3.96. The largest absolute Gasteiger partial charge is 0.410 e. The first-order valence-corrected chi connectivity index (χ1v) is 13.0. The number of nitrogens with zero attached hydrogens (tertiary/aromatic N) is 6. The lowest BCUT2D eigenvalue weighted by atomic mass is 9.96. The van der Waals surface area contributed by atoms with Crippen LogP contribution in [0.1, 0.15) is 67.0 Å². The molecule has 1 saturated carbocycles. The first kappa shape index (κ1) is 33.5. The first-order chi connectivity index (χ1) is 19.9. The lowest BCUT2D eigenvalue weighted by Gasteiger charge is -2.21. The minimum absolute atomic E-state index is 0.0378. The van der Waals surface area contributed by atoms with Crippen LogP contribution in [0.4, 0.5) is 31.1 Å². The standard InChI is InChI=1S/C18H17F3N8O3.C5H9F3.C2H6O/c19-18(20,21)12-8-28(17(31)25-12)6-9-3-13-24-11(7-29(13)23-4-9)5-22-16(30)15-14(10-1-2-10)26-32-27-15;1-4(2,3)5(6,7)8;1-3-2/h3-4,7,10,12H,1-2,5-6,8H2,(H,22,30)(H,25,31);1-3H3;1-2H3. The van der Waals surface area contributed by atoms with Crippen molar-refractivity contribution in [2.24, 2.45) is 5.41 Å². The molecule has 3 aromatic heterocycles. The Morgan fingerprint density at radius 2 is 1.77 bits per heavy atom. The number of carbonyl (C=O) groups is 2. The van der Waals surface area contributed by atoms with Gasteiger partial charge in [0.25, 0.3) is 5.91 Å². The molecule has 0 spiro atoms. The molecule has 1 saturated heterocycles. The Labute approximate surface area is 242 Å². The summed E-state index contributed by atoms with van der Waals surface area (Å²) in [6.07, 6.45) is -3.60. The number of amides is 3. The second kappa shape index (κ2) is 13.1. The third-order valence-corrected chi connectivity index (χ3v) is 6.16. The van der Waals surface area contributed by atoms with Gasteiger partial charge in [0.15, 0.2) is 11.3 Å². The van der Waals surface area contributed by atoms with Crippen LogP contribution in [0.5, 0.6) is 0 Å². The summed E-state index contributed by atoms with van der Waals surface area (Å²) in [7, 11) is 3.25. The molecule has 1 aliphatic heterocycles. The lowest BCUT2D eigenvalue weighted by Crippen LogP contribution is -2.40. The zero-order chi connectivity index (χ0) is 32.2. The van der Waals surface area contributed by atoms with Crippen molar-refractivity contribution in [3.05, 3.63) is 41.1 Å². The molecule has 1 aliphatic carbocycles. The van der Waals surface area contributed by atoms with Crippen molar-refractivity contribution in [1.82, 2.24) is 40.4 Å². The van der Waals surface area contributed by atoms with E-state index in [2.05, 4.69) is 35.1 Å². The minimum Gasteiger partial charge on any atom is -0.388 e. The fraction of sp³-hybridized carbons (Fsp3) is 0.600. The molecule has 0 aromatic carbocycles. The molecule has 2 fully saturated rings. The van der Waals surface area contributed by atoms with Crippen molar-refractivity contribution in [1.29, 1.82) is 0 Å². The van der Waals surface area contributed by atoms with E-state index in [0.29, 0.717) is 22.6 Å². The summed E-state index contributed by atoms with van der Waals surface area (Å²) >= 11 is 0. The van der Waals surface area contributed by atoms with Gasteiger partial charge in [-0.2, -0.15) is 31.4 Å². The van der Waals surface area contributed by atoms with Gasteiger partial charge >= 0.3 is 18.4 Å². The average molecular weight is 623 g/mol. The number of imidazole rings is 1. The van der Waals surface area contributed by atoms with Gasteiger partial charge in [-0.3, -0.25) is 4.79 Å². The Morgan fingerprint density at radius 3 is 2.30 bits per heavy atom. The van der Waals surface area contributed by atoms with Gasteiger partial charge in [-0.1, -0.05) is 25.9 Å². The van der Waals surface area contributed by atoms with Crippen molar-refractivity contribution in [2.75, 3.05) is 20.8 Å². The predicted octanol–water partition coefficient (Wildman–Crippen LogP) is 4.23. The predicted molar refractivity (Wildman–Crippen MR) is 138 cm³/mol. The third kappa shape index (κ3) is 9.01. The van der Waals surface area contributed by atoms with Crippen molar-refractivity contribution in [3.8, 4) is 0 Å². The van der Waals surface area contributed by atoms with E-state index in [1.165, 1.54) is 10.7 Å². The van der Waals surface area contributed by atoms with Gasteiger partial charge in [-0.15, -0.1) is 0 Å². The zero-order valence-corrected chi connectivity index (χ0v) is 24.0. The normalized spacial score (nSPS) is 17.1. The molecule has 0 radical (unpaired) electrons. The van der Waals surface area contributed by atoms with E-state index in [0.717, 1.165) is 38.5 Å². The van der Waals surface area contributed by atoms with Crippen molar-refractivity contribution < 1.29 is 45.3 Å². The smallest absolute Gasteiger partial charge is 0.388 e. The Morgan fingerprint density at radius 1 is 1.14 bits per heavy atom. The molecule has 2 N–H and O–H groups in total. The second-order valence-electron chi connectivity index (χ2n) is 10.9. The monoisotopic (exact) mass is 622 g/mol. The number of hydrogen-bond donors (Lipinski definition) is 2. The Kier molecular flexibility index (Phi) is 10.2. The minimum atomic E-state index is -4.50. The summed E-state index contributed by atoms with van der Waals surface area (Å²) in [5.74, 6) is -0.206. The number of methoxy groups -OCH3 is 1. The van der Waals surface area contributed by atoms with E-state index in [1.54, 1.807) is 26.5 Å². The molecule has 1 unspecified atom stereocenters. The lowest BCUT2D eigenvalue weighted by molar-refractivity contribution is -0.204. The highest BCUT2D eigenvalue weighted by molar-refractivity contribution is 5.93. The van der Waals surface area contributed by atoms with Crippen LogP contribution in [0.3, 0.4) is 0 Å². The topological polar surface area (TPSA) is 140 Å². The fourth-order valence-corrected chi connectivity index (χ4v) is 3.50. The quantitative estimate of drug-likeness (QED) is 0.390. The van der Waals surface area contributed by atoms with E-state index < -0.39 is 42.3 Å². The highest BCUT2D eigenvalue weighted by atomic mass is 19.4. The van der Waals surface area contributed by atoms with Gasteiger partial charge < -0.3 is 20.3 Å². The van der Waals surface area contributed by atoms with Crippen LogP contribution in [0.25, 0.3) is 5.65 Å². The maximum absolute atomic E-state index is 12.8. The molecule has 3 amide bonds. The van der Waals surface area contributed by atoms with Crippen LogP contribution >= 0.6 is 0 Å². The molecule has 1 atom stereocenters. The van der Waals surface area contributed by atoms with Gasteiger partial charge in [-0.25, -0.2) is 18.9 Å². The highest BCUT2D eigenvalue weighted by Crippen LogP contribution is 2.40. The molecule has 18 heteroatoms. The van der Waals surface area contributed by atoms with E-state index >= 15 is 0 Å². The number of aromatic nitrogens is 5. The molecule has 2 aliphatic rings. The number of halogens is 6. The van der Waals surface area contributed by atoms with Crippen molar-refractivity contribution in [2.45, 2.75) is 71.0 Å². The number of nitrogens with one attached hydrogen (secondary N) is 2. The van der Waals surface area contributed by atoms with Crippen molar-refractivity contribution >= 4 is 17.6 Å². The summed E-state index contributed by atoms with van der Waals surface area (Å²) in [6, 6.07) is -1.06. The SMILES string of the molecule is CC(C)(C)C(F)(F)F.COC.O=C(NCc1cn2ncc(CN3CC(C(F)(F)F)NC3=O)cc2n1)c1nonc1C1CC1. The molecule has 4 heterocycles. The number of hydrogen-bond acceptors (Lipinski definition) is 8. The summed E-state index contributed by atoms with van der Waals surface area (Å²) in [5, 5.41) is 16.3. The van der Waals surface area contributed by atoms with E-state index in [1.807, 2.05) is 5.32 Å². The number of carbonyl (C=O) groups excluding carboxylic acids is 2. The van der Waals surface area contributed by atoms with E-state index in [9.17, 15) is 35.9 Å². The van der Waals surface area contributed by atoms with Gasteiger partial charge in [0.05, 0.1) is 36.6 Å². The fourth-order valence-electron chi connectivity index (χ4n) is 3.50. The number of fused-ring (bicyclic) bond motifs is 1. The average Bonchev–Trinajstić information content (AvgIpc) is 3.28. The van der Waals surface area contributed by atoms with E-state index in [4.69, 9.17) is 0 Å². The van der Waals surface area contributed by atoms with Crippen LogP contribution in [-0.2, 0) is 17.8 Å². The van der Waals surface area contributed by atoms with Gasteiger partial charge in [0, 0.05) is 26.7 Å². The molecular formula is C25H32F6N8O4. The summed E-state index contributed by atoms with van der Waals surface area (Å²) in [6.45, 7) is 3.03. The number of rotatable bonds is 6. The number of ether oxygens (including phenoxy) is 1. The zero-order valence-electron chi connectivity index (χ0n) is 24.0. The Balaban J connectivity index is 0.000000396. The summed E-state index contributed by atoms with van der Waals surface area (Å²) in [5.41, 5.74) is 0.635. The van der Waals surface area contributed by atoms with Crippen LogP contribution in [0.2, 0.25) is 0 Å². The third-order valence-electron chi connectivity index (χ3n) is 6.16. The molecule has 3 aromatic rings. The summed E-state index contributed by atoms with van der Waals surface area (Å²) in [4.78, 5) is 29.7. The van der Waals surface area contributed by atoms with Gasteiger partial charge in [0.2, 0.25) is 0 Å². The van der Waals surface area contributed by atoms with Gasteiger partial charge in [0.1, 0.15) is 11.7 Å². The van der Waals surface area contributed by atoms with Crippen LogP contribution in [-0.4, -0.2) is 80.9 Å². The molecular weight excluding hydrogens is 590 g/mol. The number of urea groups is 1. The molecule has 238 valence electrons. The van der Waals surface area contributed by atoms with Crippen LogP contribution in [0, 0.1) is 5.41 Å². The maximum atomic E-state index is 12.8. The molecule has 12 nitrogen and oxygen atoms in total. The van der Waals surface area contributed by atoms with Crippen LogP contribution < -0.4 is 10.6 Å². The first-order valence-electron chi connectivity index (χ1n) is 13.0. The molecule has 5 rings (SSSR count). The van der Waals surface area contributed by atoms with E-state index in [-0.39, 0.29) is 24.7 Å². The molecule has 43 heavy (non-hydrogen) atoms. The van der Waals surface area contributed by atoms with Gasteiger partial charge in [-0.05, 0) is 29.6 Å². The second-order valence-corrected chi connectivity index (χ2v) is 10.9. The van der Waals surface area contributed by atoms with Crippen LogP contribution in [0.15, 0.2) is 23.1 Å².